The number of rotatable bonds is 5. The maximum Gasteiger partial charge on any atom is 0.325 e. The number of para-hydroxylation sites is 2. The number of hydrogen-bond acceptors (Lipinski definition) is 6. The van der Waals surface area contributed by atoms with E-state index in [-0.39, 0.29) is 0 Å². The molecule has 1 unspecified atom stereocenters. The molecule has 2 aliphatic rings. The van der Waals surface area contributed by atoms with Gasteiger partial charge in [-0.1, -0.05) is 18.2 Å². The number of hydrogen-bond donors (Lipinski definition) is 2. The van der Waals surface area contributed by atoms with Crippen molar-refractivity contribution in [2.24, 2.45) is 0 Å². The van der Waals surface area contributed by atoms with E-state index in [2.05, 4.69) is 10.6 Å². The number of carbonyl (C=O) groups excluding carboxylic acids is 3. The van der Waals surface area contributed by atoms with Crippen LogP contribution in [0.15, 0.2) is 42.5 Å². The Morgan fingerprint density at radius 1 is 1.16 bits per heavy atom. The highest BCUT2D eigenvalue weighted by Crippen LogP contribution is 2.36. The molecule has 0 saturated carbocycles. The third-order valence-electron chi connectivity index (χ3n) is 5.28. The van der Waals surface area contributed by atoms with Gasteiger partial charge in [-0.05, 0) is 36.8 Å². The van der Waals surface area contributed by atoms with Crippen LogP contribution in [-0.4, -0.2) is 49.6 Å². The first-order valence-corrected chi connectivity index (χ1v) is 9.89. The largest absolute Gasteiger partial charge is 0.495 e. The van der Waals surface area contributed by atoms with E-state index in [1.165, 1.54) is 7.11 Å². The van der Waals surface area contributed by atoms with Gasteiger partial charge >= 0.3 is 6.03 Å². The average molecular weight is 425 g/mol. The second kappa shape index (κ2) is 8.17. The van der Waals surface area contributed by atoms with Crippen LogP contribution in [0.25, 0.3) is 0 Å². The molecule has 2 heterocycles. The number of methoxy groups -OCH3 is 1. The monoisotopic (exact) mass is 425 g/mol. The molecule has 0 aliphatic carbocycles. The molecule has 0 aromatic heterocycles. The first-order chi connectivity index (χ1) is 14.9. The first kappa shape index (κ1) is 20.5. The Hall–Kier alpha value is -3.75. The summed E-state index contributed by atoms with van der Waals surface area (Å²) < 4.78 is 16.5. The Kier molecular flexibility index (Phi) is 5.41. The topological polar surface area (TPSA) is 106 Å². The van der Waals surface area contributed by atoms with Crippen molar-refractivity contribution in [3.8, 4) is 17.2 Å². The highest BCUT2D eigenvalue weighted by Gasteiger charge is 2.49. The summed E-state index contributed by atoms with van der Waals surface area (Å²) in [6.07, 6.45) is 0.756. The lowest BCUT2D eigenvalue weighted by Crippen LogP contribution is -2.42. The van der Waals surface area contributed by atoms with E-state index in [1.54, 1.807) is 49.4 Å². The third kappa shape index (κ3) is 3.86. The number of fused-ring (bicyclic) bond motifs is 1. The molecule has 162 valence electrons. The standard InChI is InChI=1S/C22H23N3O6/c1-22(14-8-9-17-18(12-14)31-11-5-10-30-17)20(27)25(21(28)24-22)13-19(26)23-15-6-3-4-7-16(15)29-2/h3-4,6-9,12H,5,10-11,13H2,1-2H3,(H,23,26)(H,24,28). The molecule has 4 rings (SSSR count). The number of nitrogens with one attached hydrogen (secondary N) is 2. The van der Waals surface area contributed by atoms with E-state index in [0.29, 0.717) is 41.7 Å². The van der Waals surface area contributed by atoms with E-state index in [9.17, 15) is 14.4 Å². The van der Waals surface area contributed by atoms with Crippen LogP contribution >= 0.6 is 0 Å². The Labute approximate surface area is 179 Å². The highest BCUT2D eigenvalue weighted by molar-refractivity contribution is 6.10. The van der Waals surface area contributed by atoms with Gasteiger partial charge in [0.2, 0.25) is 5.91 Å². The Morgan fingerprint density at radius 3 is 2.68 bits per heavy atom. The van der Waals surface area contributed by atoms with Gasteiger partial charge in [0.25, 0.3) is 5.91 Å². The predicted molar refractivity (Wildman–Crippen MR) is 111 cm³/mol. The molecule has 0 radical (unpaired) electrons. The van der Waals surface area contributed by atoms with Crippen molar-refractivity contribution < 1.29 is 28.6 Å². The molecule has 0 bridgehead atoms. The minimum Gasteiger partial charge on any atom is -0.495 e. The average Bonchev–Trinajstić information content (AvgIpc) is 2.93. The maximum absolute atomic E-state index is 13.2. The van der Waals surface area contributed by atoms with E-state index >= 15 is 0 Å². The zero-order valence-corrected chi connectivity index (χ0v) is 17.3. The summed E-state index contributed by atoms with van der Waals surface area (Å²) in [7, 11) is 1.49. The van der Waals surface area contributed by atoms with Crippen molar-refractivity contribution >= 4 is 23.5 Å². The second-order valence-electron chi connectivity index (χ2n) is 7.41. The highest BCUT2D eigenvalue weighted by atomic mass is 16.5. The number of carbonyl (C=O) groups is 3. The van der Waals surface area contributed by atoms with E-state index in [1.807, 2.05) is 0 Å². The smallest absolute Gasteiger partial charge is 0.325 e. The van der Waals surface area contributed by atoms with Crippen LogP contribution in [0.4, 0.5) is 10.5 Å². The summed E-state index contributed by atoms with van der Waals surface area (Å²) in [5.74, 6) is 0.545. The molecule has 31 heavy (non-hydrogen) atoms. The minimum atomic E-state index is -1.33. The van der Waals surface area contributed by atoms with E-state index < -0.39 is 29.9 Å². The normalized spacial score (nSPS) is 20.1. The van der Waals surface area contributed by atoms with E-state index in [0.717, 1.165) is 11.3 Å². The Morgan fingerprint density at radius 2 is 1.90 bits per heavy atom. The number of amides is 4. The van der Waals surface area contributed by atoms with Crippen molar-refractivity contribution in [1.82, 2.24) is 10.2 Å². The fourth-order valence-corrected chi connectivity index (χ4v) is 3.59. The first-order valence-electron chi connectivity index (χ1n) is 9.89. The number of urea groups is 1. The molecule has 1 fully saturated rings. The van der Waals surface area contributed by atoms with Crippen LogP contribution in [-0.2, 0) is 15.1 Å². The van der Waals surface area contributed by atoms with Gasteiger partial charge in [-0.25, -0.2) is 4.79 Å². The minimum absolute atomic E-state index is 0.428. The number of anilines is 1. The predicted octanol–water partition coefficient (Wildman–Crippen LogP) is 2.26. The summed E-state index contributed by atoms with van der Waals surface area (Å²) in [5, 5.41) is 5.37. The van der Waals surface area contributed by atoms with Crippen LogP contribution in [0.1, 0.15) is 18.9 Å². The number of benzene rings is 2. The molecule has 1 atom stereocenters. The van der Waals surface area contributed by atoms with Gasteiger partial charge < -0.3 is 24.8 Å². The summed E-state index contributed by atoms with van der Waals surface area (Å²) in [5.41, 5.74) is -0.331. The molecule has 2 aromatic rings. The van der Waals surface area contributed by atoms with Gasteiger partial charge in [0.1, 0.15) is 17.8 Å². The third-order valence-corrected chi connectivity index (χ3v) is 5.28. The number of ether oxygens (including phenoxy) is 3. The molecule has 0 spiro atoms. The quantitative estimate of drug-likeness (QED) is 0.712. The van der Waals surface area contributed by atoms with Gasteiger partial charge in [-0.15, -0.1) is 0 Å². The van der Waals surface area contributed by atoms with Gasteiger partial charge in [0, 0.05) is 6.42 Å². The van der Waals surface area contributed by atoms with Crippen molar-refractivity contribution in [2.75, 3.05) is 32.2 Å². The SMILES string of the molecule is COc1ccccc1NC(=O)CN1C(=O)NC(C)(c2ccc3c(c2)OCCCO3)C1=O. The molecule has 2 aliphatic heterocycles. The molecule has 9 heteroatoms. The summed E-state index contributed by atoms with van der Waals surface area (Å²) in [4.78, 5) is 39.1. The second-order valence-corrected chi connectivity index (χ2v) is 7.41. The van der Waals surface area contributed by atoms with Crippen LogP contribution in [0.5, 0.6) is 17.2 Å². The van der Waals surface area contributed by atoms with Gasteiger partial charge in [-0.3, -0.25) is 14.5 Å². The molecule has 4 amide bonds. The molecular formula is C22H23N3O6. The van der Waals surface area contributed by atoms with Gasteiger partial charge in [-0.2, -0.15) is 0 Å². The number of nitrogens with zero attached hydrogens (tertiary/aromatic N) is 1. The fraction of sp³-hybridized carbons (Fsp3) is 0.318. The van der Waals surface area contributed by atoms with E-state index in [4.69, 9.17) is 14.2 Å². The zero-order chi connectivity index (χ0) is 22.0. The fourth-order valence-electron chi connectivity index (χ4n) is 3.59. The Bertz CT molecular complexity index is 1040. The summed E-state index contributed by atoms with van der Waals surface area (Å²) >= 11 is 0. The van der Waals surface area contributed by atoms with Crippen LogP contribution in [0, 0.1) is 0 Å². The number of imide groups is 1. The molecule has 2 aromatic carbocycles. The molecule has 2 N–H and O–H groups in total. The maximum atomic E-state index is 13.2. The van der Waals surface area contributed by atoms with Gasteiger partial charge in [0.15, 0.2) is 11.5 Å². The van der Waals surface area contributed by atoms with Crippen molar-refractivity contribution in [3.05, 3.63) is 48.0 Å². The summed E-state index contributed by atoms with van der Waals surface area (Å²) in [6.45, 7) is 2.23. The zero-order valence-electron chi connectivity index (χ0n) is 17.3. The van der Waals surface area contributed by atoms with Crippen LogP contribution in [0.2, 0.25) is 0 Å². The van der Waals surface area contributed by atoms with Crippen LogP contribution in [0.3, 0.4) is 0 Å². The molecular weight excluding hydrogens is 402 g/mol. The van der Waals surface area contributed by atoms with Gasteiger partial charge in [0.05, 0.1) is 26.0 Å². The lowest BCUT2D eigenvalue weighted by molar-refractivity contribution is -0.133. The Balaban J connectivity index is 1.52. The molecule has 9 nitrogen and oxygen atoms in total. The molecule has 1 saturated heterocycles. The lowest BCUT2D eigenvalue weighted by Gasteiger charge is -2.23. The van der Waals surface area contributed by atoms with Crippen molar-refractivity contribution in [1.29, 1.82) is 0 Å². The van der Waals surface area contributed by atoms with Crippen LogP contribution < -0.4 is 24.8 Å². The summed E-state index contributed by atoms with van der Waals surface area (Å²) in [6, 6.07) is 11.4. The van der Waals surface area contributed by atoms with Crippen molar-refractivity contribution in [2.45, 2.75) is 18.9 Å². The van der Waals surface area contributed by atoms with Crippen molar-refractivity contribution in [3.63, 3.8) is 0 Å². The lowest BCUT2D eigenvalue weighted by atomic mass is 9.91.